The summed E-state index contributed by atoms with van der Waals surface area (Å²) >= 11 is 0. The molecule has 0 unspecified atom stereocenters. The Hall–Kier alpha value is -3.54. The number of aromatic hydroxyl groups is 1. The van der Waals surface area contributed by atoms with E-state index in [9.17, 15) is 9.90 Å². The molecule has 1 saturated heterocycles. The molecule has 0 aliphatic carbocycles. The van der Waals surface area contributed by atoms with Crippen LogP contribution in [0.15, 0.2) is 67.0 Å². The van der Waals surface area contributed by atoms with Crippen molar-refractivity contribution >= 4 is 11.6 Å². The van der Waals surface area contributed by atoms with E-state index in [-0.39, 0.29) is 17.2 Å². The molecule has 158 valence electrons. The minimum absolute atomic E-state index is 0.0578. The van der Waals surface area contributed by atoms with Crippen LogP contribution in [0.2, 0.25) is 0 Å². The monoisotopic (exact) mass is 414 g/mol. The summed E-state index contributed by atoms with van der Waals surface area (Å²) in [4.78, 5) is 22.2. The highest BCUT2D eigenvalue weighted by molar-refractivity contribution is 5.95. The van der Waals surface area contributed by atoms with E-state index < -0.39 is 0 Å². The second-order valence-corrected chi connectivity index (χ2v) is 8.66. The summed E-state index contributed by atoms with van der Waals surface area (Å²) in [5.74, 6) is 0.996. The number of aromatic nitrogens is 2. The van der Waals surface area contributed by atoms with Crippen LogP contribution in [0, 0.1) is 6.92 Å². The predicted molar refractivity (Wildman–Crippen MR) is 121 cm³/mol. The summed E-state index contributed by atoms with van der Waals surface area (Å²) in [6, 6.07) is 13.4. The van der Waals surface area contributed by atoms with Gasteiger partial charge in [0.1, 0.15) is 11.3 Å². The van der Waals surface area contributed by atoms with Gasteiger partial charge in [-0.3, -0.25) is 4.79 Å². The zero-order valence-electron chi connectivity index (χ0n) is 17.9. The number of fused-ring (bicyclic) bond motifs is 4. The lowest BCUT2D eigenvalue weighted by Gasteiger charge is -2.47. The van der Waals surface area contributed by atoms with Gasteiger partial charge in [-0.1, -0.05) is 18.2 Å². The highest BCUT2D eigenvalue weighted by Crippen LogP contribution is 2.47. The molecule has 5 rings (SSSR count). The lowest BCUT2D eigenvalue weighted by molar-refractivity contribution is 0.0782. The molecule has 1 aromatic carbocycles. The third-order valence-corrected chi connectivity index (χ3v) is 6.45. The molecule has 1 amide bonds. The molecule has 31 heavy (non-hydrogen) atoms. The number of likely N-dealkylation sites (tertiary alicyclic amines) is 1. The smallest absolute Gasteiger partial charge is 0.254 e. The van der Waals surface area contributed by atoms with Crippen molar-refractivity contribution in [1.82, 2.24) is 14.5 Å². The number of nitrogens with zero attached hydrogens (tertiary/aromatic N) is 4. The largest absolute Gasteiger partial charge is 0.508 e. The Morgan fingerprint density at radius 1 is 1.26 bits per heavy atom. The summed E-state index contributed by atoms with van der Waals surface area (Å²) in [6.45, 7) is 9.91. The SMILES string of the molecule is C=C(C)CN1c2cccnc2-n2cccc2[C@@]12CCN(C(=O)c1ccc(C)c(O)c1)C2. The highest BCUT2D eigenvalue weighted by Gasteiger charge is 2.50. The van der Waals surface area contributed by atoms with Gasteiger partial charge in [-0.15, -0.1) is 0 Å². The van der Waals surface area contributed by atoms with E-state index in [2.05, 4.69) is 33.2 Å². The Morgan fingerprint density at radius 2 is 2.10 bits per heavy atom. The average Bonchev–Trinajstić information content (AvgIpc) is 3.41. The van der Waals surface area contributed by atoms with Gasteiger partial charge in [-0.25, -0.2) is 4.98 Å². The van der Waals surface area contributed by atoms with Crippen LogP contribution < -0.4 is 4.90 Å². The molecule has 2 aliphatic heterocycles. The van der Waals surface area contributed by atoms with Gasteiger partial charge in [0.15, 0.2) is 5.82 Å². The lowest BCUT2D eigenvalue weighted by atomic mass is 9.88. The Morgan fingerprint density at radius 3 is 2.87 bits per heavy atom. The maximum Gasteiger partial charge on any atom is 0.254 e. The molecule has 3 aromatic rings. The summed E-state index contributed by atoms with van der Waals surface area (Å²) in [5.41, 5.74) is 4.16. The molecule has 0 radical (unpaired) electrons. The first kappa shape index (κ1) is 19.4. The number of pyridine rings is 1. The fourth-order valence-electron chi connectivity index (χ4n) is 4.93. The minimum Gasteiger partial charge on any atom is -0.508 e. The molecular weight excluding hydrogens is 388 g/mol. The number of carbonyl (C=O) groups is 1. The van der Waals surface area contributed by atoms with Crippen LogP contribution in [0.4, 0.5) is 5.69 Å². The molecule has 1 N–H and O–H groups in total. The first-order valence-corrected chi connectivity index (χ1v) is 10.5. The Labute approximate surface area is 182 Å². The molecule has 4 heterocycles. The molecule has 1 fully saturated rings. The molecule has 1 spiro atoms. The topological polar surface area (TPSA) is 61.6 Å². The highest BCUT2D eigenvalue weighted by atomic mass is 16.3. The van der Waals surface area contributed by atoms with E-state index in [1.54, 1.807) is 18.2 Å². The van der Waals surface area contributed by atoms with Crippen LogP contribution in [0.1, 0.15) is 35.0 Å². The quantitative estimate of drug-likeness (QED) is 0.658. The van der Waals surface area contributed by atoms with Crippen LogP contribution in [-0.4, -0.2) is 45.1 Å². The van der Waals surface area contributed by atoms with Crippen LogP contribution >= 0.6 is 0 Å². The zero-order chi connectivity index (χ0) is 21.8. The third kappa shape index (κ3) is 2.93. The summed E-state index contributed by atoms with van der Waals surface area (Å²) < 4.78 is 2.15. The lowest BCUT2D eigenvalue weighted by Crippen LogP contribution is -2.53. The normalized spacial score (nSPS) is 19.4. The van der Waals surface area contributed by atoms with Crippen molar-refractivity contribution in [2.75, 3.05) is 24.5 Å². The van der Waals surface area contributed by atoms with Crippen molar-refractivity contribution in [3.63, 3.8) is 0 Å². The number of hydrogen-bond donors (Lipinski definition) is 1. The van der Waals surface area contributed by atoms with E-state index in [4.69, 9.17) is 0 Å². The molecule has 0 bridgehead atoms. The fourth-order valence-corrected chi connectivity index (χ4v) is 4.93. The Balaban J connectivity index is 1.57. The van der Waals surface area contributed by atoms with Gasteiger partial charge in [0.2, 0.25) is 0 Å². The maximum absolute atomic E-state index is 13.3. The van der Waals surface area contributed by atoms with Gasteiger partial charge in [0.05, 0.1) is 11.4 Å². The average molecular weight is 415 g/mol. The van der Waals surface area contributed by atoms with Crippen molar-refractivity contribution in [2.24, 2.45) is 0 Å². The number of rotatable bonds is 3. The van der Waals surface area contributed by atoms with Crippen LogP contribution in [0.5, 0.6) is 5.75 Å². The molecule has 0 saturated carbocycles. The molecule has 6 nitrogen and oxygen atoms in total. The molecule has 1 atom stereocenters. The van der Waals surface area contributed by atoms with E-state index in [0.717, 1.165) is 34.8 Å². The van der Waals surface area contributed by atoms with Crippen LogP contribution in [0.25, 0.3) is 5.82 Å². The van der Waals surface area contributed by atoms with Gasteiger partial charge >= 0.3 is 0 Å². The van der Waals surface area contributed by atoms with E-state index in [1.165, 1.54) is 0 Å². The number of anilines is 1. The molecule has 2 aliphatic rings. The predicted octanol–water partition coefficient (Wildman–Crippen LogP) is 4.02. The first-order chi connectivity index (χ1) is 14.9. The maximum atomic E-state index is 13.3. The van der Waals surface area contributed by atoms with Crippen molar-refractivity contribution in [1.29, 1.82) is 0 Å². The first-order valence-electron chi connectivity index (χ1n) is 10.5. The number of benzene rings is 1. The number of phenolic OH excluding ortho intramolecular Hbond substituents is 1. The molecular formula is C25H26N4O2. The standard InChI is InChI=1S/C25H26N4O2/c1-17(2)15-29-20-6-4-11-26-23(20)28-12-5-7-22(28)25(29)10-13-27(16-25)24(31)19-9-8-18(3)21(30)14-19/h4-9,11-12,14,30H,1,10,13,15-16H2,2-3H3/t25-/m0/s1. The van der Waals surface area contributed by atoms with E-state index in [1.807, 2.05) is 43.3 Å². The second kappa shape index (κ2) is 7.01. The van der Waals surface area contributed by atoms with Crippen molar-refractivity contribution < 1.29 is 9.90 Å². The summed E-state index contributed by atoms with van der Waals surface area (Å²) in [5, 5.41) is 10.1. The summed E-state index contributed by atoms with van der Waals surface area (Å²) in [6.07, 6.45) is 4.67. The molecule has 2 aromatic heterocycles. The fraction of sp³-hybridized carbons (Fsp3) is 0.280. The van der Waals surface area contributed by atoms with Gasteiger partial charge in [-0.2, -0.15) is 0 Å². The van der Waals surface area contributed by atoms with Crippen molar-refractivity contribution in [3.8, 4) is 11.6 Å². The number of hydrogen-bond acceptors (Lipinski definition) is 4. The van der Waals surface area contributed by atoms with E-state index in [0.29, 0.717) is 25.2 Å². The number of carbonyl (C=O) groups excluding carboxylic acids is 1. The van der Waals surface area contributed by atoms with Crippen LogP contribution in [0.3, 0.4) is 0 Å². The van der Waals surface area contributed by atoms with Gasteiger partial charge < -0.3 is 19.5 Å². The zero-order valence-corrected chi connectivity index (χ0v) is 17.9. The van der Waals surface area contributed by atoms with Crippen molar-refractivity contribution in [3.05, 3.63) is 83.8 Å². The van der Waals surface area contributed by atoms with E-state index >= 15 is 0 Å². The number of phenols is 1. The number of aryl methyl sites for hydroxylation is 1. The Bertz CT molecular complexity index is 1200. The van der Waals surface area contributed by atoms with Gasteiger partial charge in [0, 0.05) is 37.6 Å². The van der Waals surface area contributed by atoms with Gasteiger partial charge in [-0.05, 0) is 62.2 Å². The van der Waals surface area contributed by atoms with Crippen molar-refractivity contribution in [2.45, 2.75) is 25.8 Å². The van der Waals surface area contributed by atoms with Gasteiger partial charge in [0.25, 0.3) is 5.91 Å². The summed E-state index contributed by atoms with van der Waals surface area (Å²) in [7, 11) is 0. The second-order valence-electron chi connectivity index (χ2n) is 8.66. The van der Waals surface area contributed by atoms with Crippen LogP contribution in [-0.2, 0) is 5.54 Å². The number of amides is 1. The molecule has 6 heteroatoms. The Kier molecular flexibility index (Phi) is 4.39. The third-order valence-electron chi connectivity index (χ3n) is 6.45. The minimum atomic E-state index is -0.360.